The van der Waals surface area contributed by atoms with Crippen LogP contribution in [0.25, 0.3) is 0 Å². The molecule has 0 N–H and O–H groups in total. The minimum atomic E-state index is -2.68. The van der Waals surface area contributed by atoms with Crippen molar-refractivity contribution in [3.63, 3.8) is 0 Å². The van der Waals surface area contributed by atoms with E-state index in [0.29, 0.717) is 0 Å². The fourth-order valence-corrected chi connectivity index (χ4v) is 2.73. The van der Waals surface area contributed by atoms with Gasteiger partial charge in [0, 0.05) is 12.0 Å². The molecule has 0 unspecified atom stereocenters. The maximum Gasteiger partial charge on any atom is 0.291 e. The Morgan fingerprint density at radius 1 is 1.30 bits per heavy atom. The van der Waals surface area contributed by atoms with Gasteiger partial charge in [0.15, 0.2) is 12.0 Å². The summed E-state index contributed by atoms with van der Waals surface area (Å²) in [4.78, 5) is 3.75. The van der Waals surface area contributed by atoms with E-state index in [-0.39, 0.29) is 34.7 Å². The molecule has 1 aliphatic rings. The molecule has 0 spiro atoms. The summed E-state index contributed by atoms with van der Waals surface area (Å²) in [5.41, 5.74) is 0.285. The molecule has 2 atom stereocenters. The van der Waals surface area contributed by atoms with E-state index < -0.39 is 23.8 Å². The Hall–Kier alpha value is -1.57. The van der Waals surface area contributed by atoms with Crippen LogP contribution in [0.5, 0.6) is 0 Å². The molecule has 0 saturated heterocycles. The van der Waals surface area contributed by atoms with Crippen LogP contribution < -0.4 is 0 Å². The summed E-state index contributed by atoms with van der Waals surface area (Å²) in [6, 6.07) is 5.31. The summed E-state index contributed by atoms with van der Waals surface area (Å²) in [5, 5.41) is 3.67. The van der Waals surface area contributed by atoms with Crippen LogP contribution in [-0.2, 0) is 0 Å². The molecular formula is C12H9F4N3S. The summed E-state index contributed by atoms with van der Waals surface area (Å²) >= 11 is 0.149. The zero-order valence-corrected chi connectivity index (χ0v) is 10.8. The molecule has 3 rings (SSSR count). The third-order valence-electron chi connectivity index (χ3n) is 3.10. The van der Waals surface area contributed by atoms with Gasteiger partial charge in [-0.25, -0.2) is 18.4 Å². The number of rotatable bonds is 3. The number of hydrogen-bond acceptors (Lipinski definition) is 3. The minimum absolute atomic E-state index is 0.00981. The van der Waals surface area contributed by atoms with Crippen LogP contribution >= 0.6 is 11.8 Å². The lowest BCUT2D eigenvalue weighted by Gasteiger charge is -2.12. The van der Waals surface area contributed by atoms with Crippen molar-refractivity contribution in [2.24, 2.45) is 0 Å². The standard InChI is InChI=1S/C12H9F4N3S/c13-7-4-2-1-3-6(7)9-5-8(14)10-17-12(18-19(9)10)20-11(15)16/h1-4,8-9,11H,5H2/t8-,9-/m0/s1. The Morgan fingerprint density at radius 2 is 2.05 bits per heavy atom. The first kappa shape index (κ1) is 13.4. The van der Waals surface area contributed by atoms with Gasteiger partial charge in [0.2, 0.25) is 5.16 Å². The first-order valence-electron chi connectivity index (χ1n) is 5.86. The molecule has 0 bridgehead atoms. The number of fused-ring (bicyclic) bond motifs is 1. The molecule has 2 aromatic rings. The van der Waals surface area contributed by atoms with Crippen LogP contribution in [0.4, 0.5) is 17.6 Å². The molecule has 1 aromatic carbocycles. The maximum absolute atomic E-state index is 13.9. The van der Waals surface area contributed by atoms with Crippen molar-refractivity contribution in [1.29, 1.82) is 0 Å². The van der Waals surface area contributed by atoms with Crippen LogP contribution in [0.15, 0.2) is 29.4 Å². The molecule has 0 amide bonds. The van der Waals surface area contributed by atoms with E-state index in [1.807, 2.05) is 0 Å². The third-order valence-corrected chi connectivity index (χ3v) is 3.66. The van der Waals surface area contributed by atoms with Gasteiger partial charge in [-0.1, -0.05) is 18.2 Å². The largest absolute Gasteiger partial charge is 0.291 e. The Bertz CT molecular complexity index is 631. The Morgan fingerprint density at radius 3 is 2.75 bits per heavy atom. The summed E-state index contributed by atoms with van der Waals surface area (Å²) in [7, 11) is 0. The van der Waals surface area contributed by atoms with E-state index in [2.05, 4.69) is 10.1 Å². The molecule has 1 aromatic heterocycles. The molecule has 1 aliphatic heterocycles. The molecular weight excluding hydrogens is 294 g/mol. The van der Waals surface area contributed by atoms with Crippen molar-refractivity contribution in [2.45, 2.75) is 29.5 Å². The van der Waals surface area contributed by atoms with Crippen molar-refractivity contribution in [3.8, 4) is 0 Å². The molecule has 2 heterocycles. The van der Waals surface area contributed by atoms with Gasteiger partial charge >= 0.3 is 0 Å². The molecule has 0 saturated carbocycles. The van der Waals surface area contributed by atoms with Gasteiger partial charge in [0.1, 0.15) is 5.82 Å². The second kappa shape index (κ2) is 5.08. The van der Waals surface area contributed by atoms with Gasteiger partial charge in [-0.05, 0) is 17.8 Å². The lowest BCUT2D eigenvalue weighted by Crippen LogP contribution is -2.09. The fourth-order valence-electron chi connectivity index (χ4n) is 2.29. The number of hydrogen-bond donors (Lipinski definition) is 0. The van der Waals surface area contributed by atoms with E-state index in [9.17, 15) is 17.6 Å². The Kier molecular flexibility index (Phi) is 3.41. The van der Waals surface area contributed by atoms with Crippen molar-refractivity contribution in [2.75, 3.05) is 0 Å². The number of nitrogens with zero attached hydrogens (tertiary/aromatic N) is 3. The van der Waals surface area contributed by atoms with Crippen LogP contribution in [-0.4, -0.2) is 20.5 Å². The smallest absolute Gasteiger partial charge is 0.239 e. The maximum atomic E-state index is 13.9. The summed E-state index contributed by atoms with van der Waals surface area (Å²) in [6.07, 6.45) is -1.42. The predicted octanol–water partition coefficient (Wildman–Crippen LogP) is 3.74. The number of thioether (sulfide) groups is 1. The monoisotopic (exact) mass is 303 g/mol. The summed E-state index contributed by atoms with van der Waals surface area (Å²) in [5.74, 6) is -3.18. The van der Waals surface area contributed by atoms with Crippen molar-refractivity contribution in [3.05, 3.63) is 41.5 Å². The Labute approximate surface area is 116 Å². The molecule has 106 valence electrons. The molecule has 3 nitrogen and oxygen atoms in total. The zero-order chi connectivity index (χ0) is 14.3. The van der Waals surface area contributed by atoms with Gasteiger partial charge in [-0.2, -0.15) is 8.78 Å². The Balaban J connectivity index is 1.98. The average molecular weight is 303 g/mol. The lowest BCUT2D eigenvalue weighted by atomic mass is 10.0. The lowest BCUT2D eigenvalue weighted by molar-refractivity contribution is 0.251. The van der Waals surface area contributed by atoms with E-state index >= 15 is 0 Å². The van der Waals surface area contributed by atoms with Crippen LogP contribution in [0.3, 0.4) is 0 Å². The number of benzene rings is 1. The second-order valence-corrected chi connectivity index (χ2v) is 5.27. The van der Waals surface area contributed by atoms with Crippen LogP contribution in [0.1, 0.15) is 30.0 Å². The van der Waals surface area contributed by atoms with Gasteiger partial charge in [-0.3, -0.25) is 0 Å². The normalized spacial score (nSPS) is 21.4. The van der Waals surface area contributed by atoms with Crippen molar-refractivity contribution in [1.82, 2.24) is 14.8 Å². The van der Waals surface area contributed by atoms with Gasteiger partial charge in [0.25, 0.3) is 5.76 Å². The highest BCUT2D eigenvalue weighted by atomic mass is 32.2. The topological polar surface area (TPSA) is 30.7 Å². The number of halogens is 4. The quantitative estimate of drug-likeness (QED) is 0.639. The molecule has 0 fully saturated rings. The van der Waals surface area contributed by atoms with Crippen LogP contribution in [0, 0.1) is 5.82 Å². The highest BCUT2D eigenvalue weighted by Crippen LogP contribution is 2.41. The van der Waals surface area contributed by atoms with E-state index in [1.165, 1.54) is 22.9 Å². The number of aromatic nitrogens is 3. The van der Waals surface area contributed by atoms with E-state index in [0.717, 1.165) is 0 Å². The zero-order valence-electron chi connectivity index (χ0n) is 10.0. The van der Waals surface area contributed by atoms with Gasteiger partial charge in [0.05, 0.1) is 6.04 Å². The number of alkyl halides is 3. The van der Waals surface area contributed by atoms with Gasteiger partial charge in [-0.15, -0.1) is 5.10 Å². The first-order valence-corrected chi connectivity index (χ1v) is 6.74. The summed E-state index contributed by atoms with van der Waals surface area (Å²) < 4.78 is 53.4. The first-order chi connectivity index (χ1) is 9.56. The molecule has 20 heavy (non-hydrogen) atoms. The summed E-state index contributed by atoms with van der Waals surface area (Å²) in [6.45, 7) is 0. The van der Waals surface area contributed by atoms with Crippen molar-refractivity contribution < 1.29 is 17.6 Å². The molecule has 0 radical (unpaired) electrons. The predicted molar refractivity (Wildman–Crippen MR) is 64.9 cm³/mol. The average Bonchev–Trinajstić information content (AvgIpc) is 2.90. The molecule has 8 heteroatoms. The van der Waals surface area contributed by atoms with Crippen molar-refractivity contribution >= 4 is 11.8 Å². The highest BCUT2D eigenvalue weighted by molar-refractivity contribution is 7.99. The van der Waals surface area contributed by atoms with E-state index in [4.69, 9.17) is 0 Å². The SMILES string of the molecule is Fc1ccccc1[C@@H]1C[C@H](F)c2nc(SC(F)F)nn21. The highest BCUT2D eigenvalue weighted by Gasteiger charge is 2.36. The fraction of sp³-hybridized carbons (Fsp3) is 0.333. The second-order valence-electron chi connectivity index (χ2n) is 4.32. The van der Waals surface area contributed by atoms with Gasteiger partial charge < -0.3 is 0 Å². The minimum Gasteiger partial charge on any atom is -0.239 e. The van der Waals surface area contributed by atoms with E-state index in [1.54, 1.807) is 6.07 Å². The van der Waals surface area contributed by atoms with Crippen LogP contribution in [0.2, 0.25) is 0 Å². The molecule has 0 aliphatic carbocycles. The third kappa shape index (κ3) is 2.28.